The Bertz CT molecular complexity index is 533. The van der Waals surface area contributed by atoms with Crippen molar-refractivity contribution in [1.29, 1.82) is 5.26 Å². The molecule has 0 radical (unpaired) electrons. The lowest BCUT2D eigenvalue weighted by Gasteiger charge is -2.31. The highest BCUT2D eigenvalue weighted by molar-refractivity contribution is 6.33. The van der Waals surface area contributed by atoms with Crippen molar-refractivity contribution in [3.05, 3.63) is 28.8 Å². The molecule has 1 aromatic carbocycles. The molecule has 0 aromatic heterocycles. The van der Waals surface area contributed by atoms with Gasteiger partial charge in [0.2, 0.25) is 5.91 Å². The van der Waals surface area contributed by atoms with Crippen molar-refractivity contribution < 1.29 is 9.53 Å². The Hall–Kier alpha value is -1.61. The van der Waals surface area contributed by atoms with E-state index in [-0.39, 0.29) is 5.91 Å². The van der Waals surface area contributed by atoms with E-state index in [1.165, 1.54) is 6.07 Å². The van der Waals surface area contributed by atoms with Crippen LogP contribution in [0.15, 0.2) is 18.2 Å². The van der Waals surface area contributed by atoms with Crippen molar-refractivity contribution in [2.45, 2.75) is 18.4 Å². The van der Waals surface area contributed by atoms with Crippen LogP contribution in [0.4, 0.5) is 5.69 Å². The van der Waals surface area contributed by atoms with Crippen molar-refractivity contribution in [2.75, 3.05) is 18.5 Å². The molecule has 19 heavy (non-hydrogen) atoms. The Labute approximate surface area is 116 Å². The maximum atomic E-state index is 12.2. The average molecular weight is 280 g/mol. The van der Waals surface area contributed by atoms with Crippen LogP contribution in [0, 0.1) is 11.3 Å². The first kappa shape index (κ1) is 13.8. The number of nitrogens with two attached hydrogens (primary N) is 1. The van der Waals surface area contributed by atoms with Gasteiger partial charge in [-0.1, -0.05) is 11.6 Å². The summed E-state index contributed by atoms with van der Waals surface area (Å²) < 4.78 is 5.20. The van der Waals surface area contributed by atoms with E-state index in [1.807, 2.05) is 6.07 Å². The van der Waals surface area contributed by atoms with Crippen LogP contribution in [-0.4, -0.2) is 24.7 Å². The third kappa shape index (κ3) is 3.04. The van der Waals surface area contributed by atoms with Crippen LogP contribution in [0.2, 0.25) is 5.02 Å². The number of rotatable bonds is 2. The molecule has 0 aliphatic carbocycles. The molecule has 6 heteroatoms. The molecule has 3 N–H and O–H groups in total. The minimum Gasteiger partial charge on any atom is -0.381 e. The fourth-order valence-electron chi connectivity index (χ4n) is 1.90. The number of nitrogens with zero attached hydrogens (tertiary/aromatic N) is 1. The highest BCUT2D eigenvalue weighted by Crippen LogP contribution is 2.25. The second-order valence-corrected chi connectivity index (χ2v) is 4.94. The molecule has 0 bridgehead atoms. The molecule has 1 aromatic rings. The Morgan fingerprint density at radius 2 is 2.16 bits per heavy atom. The Morgan fingerprint density at radius 3 is 2.79 bits per heavy atom. The molecule has 1 saturated heterocycles. The number of anilines is 1. The van der Waals surface area contributed by atoms with Crippen molar-refractivity contribution >= 4 is 23.2 Å². The van der Waals surface area contributed by atoms with Gasteiger partial charge in [0, 0.05) is 13.2 Å². The van der Waals surface area contributed by atoms with Gasteiger partial charge in [-0.3, -0.25) is 4.79 Å². The molecule has 1 aliphatic rings. The number of benzene rings is 1. The normalized spacial score (nSPS) is 17.5. The Balaban J connectivity index is 2.16. The van der Waals surface area contributed by atoms with Crippen LogP contribution >= 0.6 is 11.6 Å². The summed E-state index contributed by atoms with van der Waals surface area (Å²) in [6.07, 6.45) is 0.933. The summed E-state index contributed by atoms with van der Waals surface area (Å²) in [5.74, 6) is -0.298. The quantitative estimate of drug-likeness (QED) is 0.862. The molecule has 0 unspecified atom stereocenters. The Kier molecular flexibility index (Phi) is 4.05. The van der Waals surface area contributed by atoms with E-state index >= 15 is 0 Å². The minimum atomic E-state index is -0.940. The maximum absolute atomic E-state index is 12.2. The largest absolute Gasteiger partial charge is 0.381 e. The molecule has 1 aliphatic heterocycles. The minimum absolute atomic E-state index is 0.298. The van der Waals surface area contributed by atoms with E-state index in [9.17, 15) is 4.79 Å². The number of halogens is 1. The van der Waals surface area contributed by atoms with Gasteiger partial charge in [-0.05, 0) is 31.0 Å². The lowest BCUT2D eigenvalue weighted by atomic mass is 9.90. The van der Waals surface area contributed by atoms with Crippen LogP contribution in [0.3, 0.4) is 0 Å². The number of carbonyl (C=O) groups is 1. The smallest absolute Gasteiger partial charge is 0.244 e. The monoisotopic (exact) mass is 279 g/mol. The first-order valence-corrected chi connectivity index (χ1v) is 6.31. The number of carbonyl (C=O) groups excluding carboxylic acids is 1. The van der Waals surface area contributed by atoms with Gasteiger partial charge < -0.3 is 15.8 Å². The molecule has 0 atom stereocenters. The van der Waals surface area contributed by atoms with Crippen LogP contribution in [0.1, 0.15) is 18.4 Å². The van der Waals surface area contributed by atoms with Gasteiger partial charge in [0.15, 0.2) is 0 Å². The van der Waals surface area contributed by atoms with Gasteiger partial charge in [0.1, 0.15) is 5.54 Å². The molecule has 100 valence electrons. The summed E-state index contributed by atoms with van der Waals surface area (Å²) in [5.41, 5.74) is 5.96. The third-order valence-corrected chi connectivity index (χ3v) is 3.51. The molecular formula is C13H14ClN3O2. The standard InChI is InChI=1S/C13H14ClN3O2/c14-10-2-1-9(8-15)7-11(10)17-12(18)13(16)3-5-19-6-4-13/h1-2,7H,3-6,16H2,(H,17,18). The first-order valence-electron chi connectivity index (χ1n) is 5.93. The second kappa shape index (κ2) is 5.57. The molecule has 0 spiro atoms. The van der Waals surface area contributed by atoms with Crippen molar-refractivity contribution in [2.24, 2.45) is 5.73 Å². The fourth-order valence-corrected chi connectivity index (χ4v) is 2.06. The maximum Gasteiger partial charge on any atom is 0.244 e. The molecule has 5 nitrogen and oxygen atoms in total. The summed E-state index contributed by atoms with van der Waals surface area (Å²) in [6.45, 7) is 0.936. The van der Waals surface area contributed by atoms with Gasteiger partial charge >= 0.3 is 0 Å². The first-order chi connectivity index (χ1) is 9.05. The van der Waals surface area contributed by atoms with Gasteiger partial charge in [-0.2, -0.15) is 5.26 Å². The molecule has 2 rings (SSSR count). The van der Waals surface area contributed by atoms with E-state index in [0.29, 0.717) is 42.3 Å². The summed E-state index contributed by atoms with van der Waals surface area (Å²) in [6, 6.07) is 6.69. The van der Waals surface area contributed by atoms with Crippen LogP contribution < -0.4 is 11.1 Å². The van der Waals surface area contributed by atoms with E-state index in [2.05, 4.69) is 5.32 Å². The van der Waals surface area contributed by atoms with Gasteiger partial charge in [0.05, 0.1) is 22.3 Å². The van der Waals surface area contributed by atoms with Crippen LogP contribution in [0.25, 0.3) is 0 Å². The zero-order valence-electron chi connectivity index (χ0n) is 10.3. The third-order valence-electron chi connectivity index (χ3n) is 3.18. The highest BCUT2D eigenvalue weighted by Gasteiger charge is 2.36. The molecule has 0 saturated carbocycles. The average Bonchev–Trinajstić information content (AvgIpc) is 2.42. The molecule has 1 heterocycles. The molecule has 1 fully saturated rings. The van der Waals surface area contributed by atoms with E-state index < -0.39 is 5.54 Å². The van der Waals surface area contributed by atoms with Gasteiger partial charge in [-0.15, -0.1) is 0 Å². The van der Waals surface area contributed by atoms with Crippen molar-refractivity contribution in [3.63, 3.8) is 0 Å². The predicted octanol–water partition coefficient (Wildman–Crippen LogP) is 1.66. The number of ether oxygens (including phenoxy) is 1. The number of nitriles is 1. The topological polar surface area (TPSA) is 88.1 Å². The van der Waals surface area contributed by atoms with Gasteiger partial charge in [-0.25, -0.2) is 0 Å². The SMILES string of the molecule is N#Cc1ccc(Cl)c(NC(=O)C2(N)CCOCC2)c1. The second-order valence-electron chi connectivity index (χ2n) is 4.53. The fraction of sp³-hybridized carbons (Fsp3) is 0.385. The summed E-state index contributed by atoms with van der Waals surface area (Å²) in [5, 5.41) is 11.9. The number of amides is 1. The van der Waals surface area contributed by atoms with E-state index in [4.69, 9.17) is 27.3 Å². The zero-order valence-corrected chi connectivity index (χ0v) is 11.0. The highest BCUT2D eigenvalue weighted by atomic mass is 35.5. The number of hydrogen-bond donors (Lipinski definition) is 2. The van der Waals surface area contributed by atoms with Gasteiger partial charge in [0.25, 0.3) is 0 Å². The summed E-state index contributed by atoms with van der Waals surface area (Å²) >= 11 is 5.99. The Morgan fingerprint density at radius 1 is 1.47 bits per heavy atom. The summed E-state index contributed by atoms with van der Waals surface area (Å²) in [4.78, 5) is 12.2. The molecule has 1 amide bonds. The van der Waals surface area contributed by atoms with E-state index in [1.54, 1.807) is 12.1 Å². The van der Waals surface area contributed by atoms with Crippen molar-refractivity contribution in [1.82, 2.24) is 0 Å². The zero-order chi connectivity index (χ0) is 13.9. The lowest BCUT2D eigenvalue weighted by Crippen LogP contribution is -2.54. The number of nitrogens with one attached hydrogen (secondary N) is 1. The lowest BCUT2D eigenvalue weighted by molar-refractivity contribution is -0.124. The van der Waals surface area contributed by atoms with Crippen LogP contribution in [-0.2, 0) is 9.53 Å². The number of hydrogen-bond acceptors (Lipinski definition) is 4. The predicted molar refractivity (Wildman–Crippen MR) is 71.8 cm³/mol. The molecular weight excluding hydrogens is 266 g/mol. The summed E-state index contributed by atoms with van der Waals surface area (Å²) in [7, 11) is 0. The van der Waals surface area contributed by atoms with Crippen molar-refractivity contribution in [3.8, 4) is 6.07 Å². The van der Waals surface area contributed by atoms with E-state index in [0.717, 1.165) is 0 Å². The van der Waals surface area contributed by atoms with Crippen LogP contribution in [0.5, 0.6) is 0 Å².